The molecule has 0 aliphatic heterocycles. The maximum atomic E-state index is 9.86. The first-order valence-electron chi connectivity index (χ1n) is 5.76. The quantitative estimate of drug-likeness (QED) is 0.777. The van der Waals surface area contributed by atoms with E-state index >= 15 is 0 Å². The molecule has 2 heteroatoms. The van der Waals surface area contributed by atoms with Crippen LogP contribution in [0.2, 0.25) is 0 Å². The Kier molecular flexibility index (Phi) is 2.96. The van der Waals surface area contributed by atoms with E-state index < -0.39 is 0 Å². The van der Waals surface area contributed by atoms with Crippen molar-refractivity contribution in [3.8, 4) is 5.75 Å². The van der Waals surface area contributed by atoms with Gasteiger partial charge in [-0.25, -0.2) is 0 Å². The van der Waals surface area contributed by atoms with E-state index in [1.165, 1.54) is 24.0 Å². The van der Waals surface area contributed by atoms with Gasteiger partial charge in [0.2, 0.25) is 0 Å². The van der Waals surface area contributed by atoms with Crippen LogP contribution in [-0.2, 0) is 19.3 Å². The predicted molar refractivity (Wildman–Crippen MR) is 62.1 cm³/mol. The predicted octanol–water partition coefficient (Wildman–Crippen LogP) is 2.16. The molecule has 1 aliphatic rings. The SMILES string of the molecule is CC(N)Cc1c(O)ccc2c1CCCC2. The van der Waals surface area contributed by atoms with E-state index in [1.54, 1.807) is 0 Å². The Morgan fingerprint density at radius 2 is 2.07 bits per heavy atom. The average Bonchev–Trinajstić information content (AvgIpc) is 2.22. The fourth-order valence-corrected chi connectivity index (χ4v) is 2.44. The molecule has 0 aromatic heterocycles. The highest BCUT2D eigenvalue weighted by Crippen LogP contribution is 2.31. The number of hydrogen-bond donors (Lipinski definition) is 2. The zero-order valence-electron chi connectivity index (χ0n) is 9.29. The van der Waals surface area contributed by atoms with Gasteiger partial charge in [0.1, 0.15) is 5.75 Å². The van der Waals surface area contributed by atoms with Crippen molar-refractivity contribution < 1.29 is 5.11 Å². The lowest BCUT2D eigenvalue weighted by molar-refractivity contribution is 0.462. The molecule has 2 nitrogen and oxygen atoms in total. The fraction of sp³-hybridized carbons (Fsp3) is 0.538. The molecule has 0 fully saturated rings. The Bertz CT molecular complexity index is 358. The molecular weight excluding hydrogens is 186 g/mol. The minimum absolute atomic E-state index is 0.115. The minimum Gasteiger partial charge on any atom is -0.508 e. The number of phenols is 1. The number of phenolic OH excluding ortho intramolecular Hbond substituents is 1. The lowest BCUT2D eigenvalue weighted by atomic mass is 9.86. The largest absolute Gasteiger partial charge is 0.508 e. The highest BCUT2D eigenvalue weighted by molar-refractivity contribution is 5.46. The molecule has 15 heavy (non-hydrogen) atoms. The number of aromatic hydroxyl groups is 1. The van der Waals surface area contributed by atoms with E-state index in [4.69, 9.17) is 5.73 Å². The van der Waals surface area contributed by atoms with Crippen LogP contribution in [0.1, 0.15) is 36.5 Å². The van der Waals surface area contributed by atoms with E-state index in [1.807, 2.05) is 13.0 Å². The Morgan fingerprint density at radius 3 is 2.80 bits per heavy atom. The molecule has 0 radical (unpaired) electrons. The lowest BCUT2D eigenvalue weighted by Gasteiger charge is -2.21. The standard InChI is InChI=1S/C13H19NO/c1-9(14)8-12-11-5-3-2-4-10(11)6-7-13(12)15/h6-7,9,15H,2-5,8,14H2,1H3. The number of fused-ring (bicyclic) bond motifs is 1. The van der Waals surface area contributed by atoms with Gasteiger partial charge in [0.15, 0.2) is 0 Å². The summed E-state index contributed by atoms with van der Waals surface area (Å²) in [4.78, 5) is 0. The van der Waals surface area contributed by atoms with E-state index in [2.05, 4.69) is 6.07 Å². The van der Waals surface area contributed by atoms with Crippen molar-refractivity contribution in [2.45, 2.75) is 45.1 Å². The molecule has 0 saturated heterocycles. The van der Waals surface area contributed by atoms with Crippen LogP contribution in [0.4, 0.5) is 0 Å². The van der Waals surface area contributed by atoms with Gasteiger partial charge in [-0.2, -0.15) is 0 Å². The Hall–Kier alpha value is -1.02. The molecule has 1 atom stereocenters. The Balaban J connectivity index is 2.41. The van der Waals surface area contributed by atoms with Gasteiger partial charge in [-0.1, -0.05) is 6.07 Å². The summed E-state index contributed by atoms with van der Waals surface area (Å²) in [5.74, 6) is 0.424. The first kappa shape index (κ1) is 10.5. The van der Waals surface area contributed by atoms with Gasteiger partial charge in [-0.3, -0.25) is 0 Å². The highest BCUT2D eigenvalue weighted by Gasteiger charge is 2.16. The third-order valence-corrected chi connectivity index (χ3v) is 3.15. The van der Waals surface area contributed by atoms with Crippen LogP contribution in [0, 0.1) is 0 Å². The topological polar surface area (TPSA) is 46.2 Å². The van der Waals surface area contributed by atoms with E-state index in [-0.39, 0.29) is 6.04 Å². The first-order chi connectivity index (χ1) is 7.18. The van der Waals surface area contributed by atoms with E-state index in [0.29, 0.717) is 5.75 Å². The van der Waals surface area contributed by atoms with Crippen LogP contribution in [0.15, 0.2) is 12.1 Å². The van der Waals surface area contributed by atoms with Crippen molar-refractivity contribution in [1.29, 1.82) is 0 Å². The summed E-state index contributed by atoms with van der Waals surface area (Å²) in [6.07, 6.45) is 5.56. The number of nitrogens with two attached hydrogens (primary N) is 1. The molecule has 0 bridgehead atoms. The normalized spacial score (nSPS) is 17.2. The first-order valence-corrected chi connectivity index (χ1v) is 5.76. The molecule has 1 aromatic rings. The zero-order valence-corrected chi connectivity index (χ0v) is 9.29. The number of hydrogen-bond acceptors (Lipinski definition) is 2. The molecule has 82 valence electrons. The maximum absolute atomic E-state index is 9.86. The summed E-state index contributed by atoms with van der Waals surface area (Å²) >= 11 is 0. The molecule has 1 aliphatic carbocycles. The lowest BCUT2D eigenvalue weighted by Crippen LogP contribution is -2.20. The molecule has 3 N–H and O–H groups in total. The second-order valence-electron chi connectivity index (χ2n) is 4.59. The van der Waals surface area contributed by atoms with Crippen molar-refractivity contribution >= 4 is 0 Å². The van der Waals surface area contributed by atoms with E-state index in [9.17, 15) is 5.11 Å². The third kappa shape index (κ3) is 2.15. The summed E-state index contributed by atoms with van der Waals surface area (Å²) in [7, 11) is 0. The van der Waals surface area contributed by atoms with Crippen molar-refractivity contribution in [3.05, 3.63) is 28.8 Å². The van der Waals surface area contributed by atoms with Gasteiger partial charge in [0, 0.05) is 6.04 Å². The number of aryl methyl sites for hydroxylation is 1. The zero-order chi connectivity index (χ0) is 10.8. The summed E-state index contributed by atoms with van der Waals surface area (Å²) < 4.78 is 0. The number of benzene rings is 1. The smallest absolute Gasteiger partial charge is 0.119 e. The Morgan fingerprint density at radius 1 is 1.33 bits per heavy atom. The third-order valence-electron chi connectivity index (χ3n) is 3.15. The molecule has 2 rings (SSSR count). The summed E-state index contributed by atoms with van der Waals surface area (Å²) in [5, 5.41) is 9.86. The van der Waals surface area contributed by atoms with Crippen LogP contribution in [0.3, 0.4) is 0 Å². The maximum Gasteiger partial charge on any atom is 0.119 e. The summed E-state index contributed by atoms with van der Waals surface area (Å²) in [6, 6.07) is 4.00. The van der Waals surface area contributed by atoms with Crippen LogP contribution < -0.4 is 5.73 Å². The van der Waals surface area contributed by atoms with Gasteiger partial charge in [0.25, 0.3) is 0 Å². The van der Waals surface area contributed by atoms with Gasteiger partial charge in [-0.05, 0) is 61.8 Å². The summed E-state index contributed by atoms with van der Waals surface area (Å²) in [5.41, 5.74) is 9.67. The second kappa shape index (κ2) is 4.23. The molecule has 0 amide bonds. The minimum atomic E-state index is 0.115. The summed E-state index contributed by atoms with van der Waals surface area (Å²) in [6.45, 7) is 1.99. The van der Waals surface area contributed by atoms with Gasteiger partial charge in [-0.15, -0.1) is 0 Å². The number of rotatable bonds is 2. The molecule has 0 spiro atoms. The Labute approximate surface area is 91.1 Å². The van der Waals surface area contributed by atoms with Crippen LogP contribution in [0.25, 0.3) is 0 Å². The van der Waals surface area contributed by atoms with Crippen molar-refractivity contribution in [2.75, 3.05) is 0 Å². The molecule has 0 saturated carbocycles. The average molecular weight is 205 g/mol. The van der Waals surface area contributed by atoms with Gasteiger partial charge < -0.3 is 10.8 Å². The fourth-order valence-electron chi connectivity index (χ4n) is 2.44. The van der Waals surface area contributed by atoms with Crippen LogP contribution in [-0.4, -0.2) is 11.1 Å². The molecular formula is C13H19NO. The van der Waals surface area contributed by atoms with Crippen LogP contribution in [0.5, 0.6) is 5.75 Å². The molecule has 1 unspecified atom stereocenters. The van der Waals surface area contributed by atoms with Gasteiger partial charge >= 0.3 is 0 Å². The van der Waals surface area contributed by atoms with Crippen LogP contribution >= 0.6 is 0 Å². The van der Waals surface area contributed by atoms with Gasteiger partial charge in [0.05, 0.1) is 0 Å². The molecule has 1 aromatic carbocycles. The highest BCUT2D eigenvalue weighted by atomic mass is 16.3. The monoisotopic (exact) mass is 205 g/mol. The molecule has 0 heterocycles. The second-order valence-corrected chi connectivity index (χ2v) is 4.59. The van der Waals surface area contributed by atoms with Crippen molar-refractivity contribution in [3.63, 3.8) is 0 Å². The van der Waals surface area contributed by atoms with Crippen molar-refractivity contribution in [1.82, 2.24) is 0 Å². The van der Waals surface area contributed by atoms with E-state index in [0.717, 1.165) is 24.8 Å². The van der Waals surface area contributed by atoms with Crippen molar-refractivity contribution in [2.24, 2.45) is 5.73 Å².